The van der Waals surface area contributed by atoms with Gasteiger partial charge in [-0.3, -0.25) is 0 Å². The number of aromatic nitrogens is 1. The van der Waals surface area contributed by atoms with E-state index in [0.29, 0.717) is 29.4 Å². The van der Waals surface area contributed by atoms with E-state index in [9.17, 15) is 5.26 Å². The lowest BCUT2D eigenvalue weighted by molar-refractivity contribution is 0.344. The maximum absolute atomic E-state index is 9.80. The third kappa shape index (κ3) is 4.36. The van der Waals surface area contributed by atoms with Gasteiger partial charge in [-0.05, 0) is 30.7 Å². The highest BCUT2D eigenvalue weighted by Crippen LogP contribution is 2.37. The van der Waals surface area contributed by atoms with Crippen LogP contribution in [0.5, 0.6) is 11.5 Å². The lowest BCUT2D eigenvalue weighted by Gasteiger charge is -2.13. The number of rotatable bonds is 7. The van der Waals surface area contributed by atoms with E-state index in [1.54, 1.807) is 20.3 Å². The van der Waals surface area contributed by atoms with Gasteiger partial charge in [0.25, 0.3) is 0 Å². The molecule has 0 aliphatic rings. The molecule has 1 heterocycles. The smallest absolute Gasteiger partial charge is 0.176 e. The Labute approximate surface area is 170 Å². The SMILES string of the molecule is CCOC=Nc1nc(-c2ccc(OC)cc2OC)cc(-c2ccccc2)c1C#N. The highest BCUT2D eigenvalue weighted by Gasteiger charge is 2.17. The number of ether oxygens (including phenoxy) is 3. The van der Waals surface area contributed by atoms with E-state index in [1.165, 1.54) is 6.40 Å². The van der Waals surface area contributed by atoms with Crippen molar-refractivity contribution in [2.24, 2.45) is 4.99 Å². The molecule has 0 unspecified atom stereocenters. The van der Waals surface area contributed by atoms with E-state index >= 15 is 0 Å². The van der Waals surface area contributed by atoms with Crippen LogP contribution in [0.15, 0.2) is 59.6 Å². The Hall–Kier alpha value is -3.85. The number of hydrogen-bond acceptors (Lipinski definition) is 6. The summed E-state index contributed by atoms with van der Waals surface area (Å²) in [5.74, 6) is 1.58. The van der Waals surface area contributed by atoms with Gasteiger partial charge in [0.05, 0.1) is 26.5 Å². The van der Waals surface area contributed by atoms with Crippen molar-refractivity contribution in [1.82, 2.24) is 4.98 Å². The van der Waals surface area contributed by atoms with Crippen molar-refractivity contribution >= 4 is 12.2 Å². The Morgan fingerprint density at radius 1 is 1.03 bits per heavy atom. The molecule has 0 atom stereocenters. The molecule has 0 saturated carbocycles. The lowest BCUT2D eigenvalue weighted by Crippen LogP contribution is -1.96. The van der Waals surface area contributed by atoms with Crippen LogP contribution in [0.3, 0.4) is 0 Å². The normalized spacial score (nSPS) is 10.6. The van der Waals surface area contributed by atoms with E-state index in [0.717, 1.165) is 16.7 Å². The zero-order valence-electron chi connectivity index (χ0n) is 16.5. The summed E-state index contributed by atoms with van der Waals surface area (Å²) in [6, 6.07) is 19.3. The quantitative estimate of drug-likeness (QED) is 0.421. The average molecular weight is 387 g/mol. The second kappa shape index (κ2) is 9.38. The topological polar surface area (TPSA) is 76.7 Å². The van der Waals surface area contributed by atoms with Crippen LogP contribution in [-0.2, 0) is 4.74 Å². The molecule has 6 nitrogen and oxygen atoms in total. The molecule has 0 bridgehead atoms. The van der Waals surface area contributed by atoms with Crippen LogP contribution in [0.4, 0.5) is 5.82 Å². The third-order valence-corrected chi connectivity index (χ3v) is 4.30. The van der Waals surface area contributed by atoms with Gasteiger partial charge in [-0.1, -0.05) is 30.3 Å². The first kappa shape index (κ1) is 19.9. The molecule has 0 aliphatic carbocycles. The average Bonchev–Trinajstić information content (AvgIpc) is 2.78. The summed E-state index contributed by atoms with van der Waals surface area (Å²) in [6.07, 6.45) is 1.31. The highest BCUT2D eigenvalue weighted by molar-refractivity contribution is 5.82. The Bertz CT molecular complexity index is 1060. The van der Waals surface area contributed by atoms with Crippen molar-refractivity contribution < 1.29 is 14.2 Å². The standard InChI is InChI=1S/C23H21N3O3/c1-4-29-15-25-23-20(14-24)19(16-8-6-5-7-9-16)13-21(26-23)18-11-10-17(27-2)12-22(18)28-3/h5-13,15H,4H2,1-3H3. The van der Waals surface area contributed by atoms with Gasteiger partial charge in [0.2, 0.25) is 0 Å². The van der Waals surface area contributed by atoms with Crippen LogP contribution in [0.2, 0.25) is 0 Å². The molecule has 0 fully saturated rings. The summed E-state index contributed by atoms with van der Waals surface area (Å²) >= 11 is 0. The highest BCUT2D eigenvalue weighted by atomic mass is 16.5. The predicted molar refractivity (Wildman–Crippen MR) is 113 cm³/mol. The number of nitriles is 1. The Morgan fingerprint density at radius 3 is 2.48 bits per heavy atom. The fraction of sp³-hybridized carbons (Fsp3) is 0.174. The molecule has 29 heavy (non-hydrogen) atoms. The summed E-state index contributed by atoms with van der Waals surface area (Å²) in [5.41, 5.74) is 3.41. The monoisotopic (exact) mass is 387 g/mol. The van der Waals surface area contributed by atoms with Crippen molar-refractivity contribution in [2.75, 3.05) is 20.8 Å². The molecule has 0 N–H and O–H groups in total. The summed E-state index contributed by atoms with van der Waals surface area (Å²) in [4.78, 5) is 8.90. The Kier molecular flexibility index (Phi) is 6.43. The van der Waals surface area contributed by atoms with E-state index < -0.39 is 0 Å². The van der Waals surface area contributed by atoms with E-state index in [1.807, 2.05) is 55.5 Å². The molecule has 146 valence electrons. The first-order valence-corrected chi connectivity index (χ1v) is 9.08. The minimum atomic E-state index is 0.287. The molecule has 0 saturated heterocycles. The number of nitrogens with zero attached hydrogens (tertiary/aromatic N) is 3. The van der Waals surface area contributed by atoms with E-state index in [4.69, 9.17) is 14.2 Å². The Morgan fingerprint density at radius 2 is 1.83 bits per heavy atom. The maximum Gasteiger partial charge on any atom is 0.176 e. The molecule has 6 heteroatoms. The molecule has 0 spiro atoms. The van der Waals surface area contributed by atoms with E-state index in [2.05, 4.69) is 16.0 Å². The predicted octanol–water partition coefficient (Wildman–Crippen LogP) is 5.00. The minimum Gasteiger partial charge on any atom is -0.497 e. The second-order valence-electron chi connectivity index (χ2n) is 5.99. The van der Waals surface area contributed by atoms with Crippen LogP contribution in [0, 0.1) is 11.3 Å². The van der Waals surface area contributed by atoms with Gasteiger partial charge in [0, 0.05) is 17.2 Å². The first-order valence-electron chi connectivity index (χ1n) is 9.08. The van der Waals surface area contributed by atoms with Gasteiger partial charge in [-0.25, -0.2) is 4.98 Å². The van der Waals surface area contributed by atoms with E-state index in [-0.39, 0.29) is 5.82 Å². The van der Waals surface area contributed by atoms with Crippen molar-refractivity contribution in [3.05, 3.63) is 60.2 Å². The first-order chi connectivity index (χ1) is 14.2. The number of methoxy groups -OCH3 is 2. The van der Waals surface area contributed by atoms with Gasteiger partial charge in [0.1, 0.15) is 23.1 Å². The van der Waals surface area contributed by atoms with Crippen LogP contribution in [0.25, 0.3) is 22.4 Å². The van der Waals surface area contributed by atoms with Crippen molar-refractivity contribution in [1.29, 1.82) is 5.26 Å². The number of aliphatic imine (C=N–C) groups is 1. The van der Waals surface area contributed by atoms with Crippen LogP contribution in [0.1, 0.15) is 12.5 Å². The fourth-order valence-electron chi connectivity index (χ4n) is 2.89. The van der Waals surface area contributed by atoms with Gasteiger partial charge in [-0.15, -0.1) is 0 Å². The van der Waals surface area contributed by atoms with Crippen LogP contribution < -0.4 is 9.47 Å². The molecular weight excluding hydrogens is 366 g/mol. The summed E-state index contributed by atoms with van der Waals surface area (Å²) in [5, 5.41) is 9.80. The Balaban J connectivity index is 2.26. The van der Waals surface area contributed by atoms with Gasteiger partial charge < -0.3 is 14.2 Å². The van der Waals surface area contributed by atoms with Gasteiger partial charge in [-0.2, -0.15) is 10.3 Å². The summed E-state index contributed by atoms with van der Waals surface area (Å²) in [6.45, 7) is 2.33. The minimum absolute atomic E-state index is 0.287. The van der Waals surface area contributed by atoms with Gasteiger partial charge in [0.15, 0.2) is 12.2 Å². The number of hydrogen-bond donors (Lipinski definition) is 0. The number of pyridine rings is 1. The molecule has 0 radical (unpaired) electrons. The molecule has 3 aromatic rings. The van der Waals surface area contributed by atoms with Gasteiger partial charge >= 0.3 is 0 Å². The van der Waals surface area contributed by atoms with Crippen molar-refractivity contribution in [3.8, 4) is 40.0 Å². The second-order valence-corrected chi connectivity index (χ2v) is 5.99. The summed E-state index contributed by atoms with van der Waals surface area (Å²) in [7, 11) is 3.19. The third-order valence-electron chi connectivity index (χ3n) is 4.30. The molecule has 0 amide bonds. The largest absolute Gasteiger partial charge is 0.497 e. The zero-order valence-corrected chi connectivity index (χ0v) is 16.5. The van der Waals surface area contributed by atoms with Crippen LogP contribution in [-0.4, -0.2) is 32.2 Å². The summed E-state index contributed by atoms with van der Waals surface area (Å²) < 4.78 is 16.0. The molecule has 2 aromatic carbocycles. The van der Waals surface area contributed by atoms with Crippen molar-refractivity contribution in [2.45, 2.75) is 6.92 Å². The fourth-order valence-corrected chi connectivity index (χ4v) is 2.89. The van der Waals surface area contributed by atoms with Crippen molar-refractivity contribution in [3.63, 3.8) is 0 Å². The zero-order chi connectivity index (χ0) is 20.6. The molecular formula is C23H21N3O3. The molecule has 3 rings (SSSR count). The maximum atomic E-state index is 9.80. The molecule has 1 aromatic heterocycles. The van der Waals surface area contributed by atoms with Crippen LogP contribution >= 0.6 is 0 Å². The number of benzene rings is 2. The molecule has 0 aliphatic heterocycles. The lowest BCUT2D eigenvalue weighted by atomic mass is 9.98.